The fraction of sp³-hybridized carbons (Fsp3) is 0.432. The highest BCUT2D eigenvalue weighted by Crippen LogP contribution is 2.65. The molecule has 4 aliphatic carbocycles. The molecule has 7 aromatic carbocycles. The maximum atomic E-state index is 2.90. The van der Waals surface area contributed by atoms with Crippen LogP contribution in [0.15, 0.2) is 109 Å². The van der Waals surface area contributed by atoms with Gasteiger partial charge in [0, 0.05) is 61.7 Å². The average Bonchev–Trinajstić information content (AvgIpc) is 3.90. The van der Waals surface area contributed by atoms with Gasteiger partial charge in [0.15, 0.2) is 0 Å². The van der Waals surface area contributed by atoms with Crippen molar-refractivity contribution in [1.82, 2.24) is 0 Å². The first kappa shape index (κ1) is 49.1. The van der Waals surface area contributed by atoms with Crippen molar-refractivity contribution >= 4 is 68.6 Å². The first-order valence-electron chi connectivity index (χ1n) is 30.2. The van der Waals surface area contributed by atoms with E-state index >= 15 is 0 Å². The quantitative estimate of drug-likeness (QED) is 0.152. The fourth-order valence-electron chi connectivity index (χ4n) is 18.0. The molecule has 0 N–H and O–H groups in total. The van der Waals surface area contributed by atoms with E-state index in [1.807, 2.05) is 0 Å². The first-order valence-corrected chi connectivity index (χ1v) is 30.2. The van der Waals surface area contributed by atoms with Gasteiger partial charge in [-0.1, -0.05) is 157 Å². The lowest BCUT2D eigenvalue weighted by molar-refractivity contribution is 0.195. The number of aryl methyl sites for hydroxylation is 2. The zero-order chi connectivity index (χ0) is 54.6. The molecule has 6 bridgehead atoms. The van der Waals surface area contributed by atoms with Crippen molar-refractivity contribution < 1.29 is 0 Å². The SMILES string of the molecule is Cc1cc2c3c(c1)N1c4cc5c(cc4C)C(C)(C)CCC5(C)c4cc5c(cc4C(C)(C)C)C4(C)CCCCC4(C)N5c4ccc(c1c4)B3c1cc3c(cc1N2c1ccc2c(c1)C(C)(C)c1ccccc1-2)C(C)(C)CCC3(C)C. The molecule has 0 aromatic heterocycles. The van der Waals surface area contributed by atoms with Crippen LogP contribution in [0.3, 0.4) is 0 Å². The van der Waals surface area contributed by atoms with E-state index in [2.05, 4.69) is 235 Å². The van der Waals surface area contributed by atoms with Crippen LogP contribution in [0.5, 0.6) is 0 Å². The summed E-state index contributed by atoms with van der Waals surface area (Å²) in [6.07, 6.45) is 9.52. The molecule has 396 valence electrons. The second-order valence-corrected chi connectivity index (χ2v) is 30.4. The minimum Gasteiger partial charge on any atom is -0.334 e. The molecule has 1 saturated carbocycles. The highest BCUT2D eigenvalue weighted by Gasteiger charge is 2.59. The molecule has 8 aliphatic rings. The topological polar surface area (TPSA) is 9.72 Å². The van der Waals surface area contributed by atoms with Crippen molar-refractivity contribution in [3.63, 3.8) is 0 Å². The third kappa shape index (κ3) is 6.04. The lowest BCUT2D eigenvalue weighted by Crippen LogP contribution is -2.62. The van der Waals surface area contributed by atoms with Crippen LogP contribution in [-0.2, 0) is 37.9 Å². The first-order chi connectivity index (χ1) is 36.7. The molecule has 4 aliphatic heterocycles. The van der Waals surface area contributed by atoms with Crippen LogP contribution in [0.1, 0.15) is 209 Å². The molecule has 3 unspecified atom stereocenters. The van der Waals surface area contributed by atoms with Crippen LogP contribution in [0.25, 0.3) is 11.1 Å². The molecule has 4 heteroatoms. The molecule has 0 saturated heterocycles. The molecular weight excluding hydrogens is 942 g/mol. The summed E-state index contributed by atoms with van der Waals surface area (Å²) >= 11 is 0. The Morgan fingerprint density at radius 3 is 1.77 bits per heavy atom. The molecule has 1 fully saturated rings. The molecule has 7 aromatic rings. The van der Waals surface area contributed by atoms with Gasteiger partial charge >= 0.3 is 0 Å². The number of nitrogens with zero attached hydrogens (tertiary/aromatic N) is 3. The van der Waals surface area contributed by atoms with Gasteiger partial charge in [0.25, 0.3) is 6.71 Å². The van der Waals surface area contributed by atoms with E-state index in [1.54, 1.807) is 5.56 Å². The van der Waals surface area contributed by atoms with E-state index in [9.17, 15) is 0 Å². The number of hydrogen-bond acceptors (Lipinski definition) is 3. The minimum atomic E-state index is -0.206. The van der Waals surface area contributed by atoms with Gasteiger partial charge in [0.05, 0.1) is 5.54 Å². The molecule has 15 rings (SSSR count). The van der Waals surface area contributed by atoms with E-state index in [-0.39, 0.29) is 50.2 Å². The molecule has 0 radical (unpaired) electrons. The smallest absolute Gasteiger partial charge is 0.252 e. The second kappa shape index (κ2) is 15.1. The van der Waals surface area contributed by atoms with Gasteiger partial charge in [-0.05, 0) is 224 Å². The summed E-state index contributed by atoms with van der Waals surface area (Å²) in [7, 11) is 0. The van der Waals surface area contributed by atoms with Crippen molar-refractivity contribution in [3.05, 3.63) is 170 Å². The van der Waals surface area contributed by atoms with Gasteiger partial charge in [0.1, 0.15) is 0 Å². The van der Waals surface area contributed by atoms with Crippen LogP contribution in [-0.4, -0.2) is 12.3 Å². The third-order valence-electron chi connectivity index (χ3n) is 23.0. The van der Waals surface area contributed by atoms with Crippen LogP contribution >= 0.6 is 0 Å². The van der Waals surface area contributed by atoms with Gasteiger partial charge < -0.3 is 14.7 Å². The second-order valence-electron chi connectivity index (χ2n) is 30.4. The number of hydrogen-bond donors (Lipinski definition) is 0. The summed E-state index contributed by atoms with van der Waals surface area (Å²) < 4.78 is 0. The Hall–Kier alpha value is -6.00. The van der Waals surface area contributed by atoms with Gasteiger partial charge in [-0.25, -0.2) is 0 Å². The molecule has 4 heterocycles. The molecule has 3 atom stereocenters. The predicted molar refractivity (Wildman–Crippen MR) is 333 cm³/mol. The largest absolute Gasteiger partial charge is 0.334 e. The predicted octanol–water partition coefficient (Wildman–Crippen LogP) is 17.8. The normalized spacial score (nSPS) is 25.2. The number of rotatable bonds is 1. The van der Waals surface area contributed by atoms with Gasteiger partial charge in [-0.3, -0.25) is 0 Å². The molecule has 0 amide bonds. The Bertz CT molecular complexity index is 3860. The fourth-order valence-corrected chi connectivity index (χ4v) is 18.0. The van der Waals surface area contributed by atoms with Crippen LogP contribution in [0.4, 0.5) is 45.5 Å². The zero-order valence-corrected chi connectivity index (χ0v) is 50.0. The molecule has 78 heavy (non-hydrogen) atoms. The van der Waals surface area contributed by atoms with Crippen molar-refractivity contribution in [1.29, 1.82) is 0 Å². The Balaban J connectivity index is 1.07. The minimum absolute atomic E-state index is 0.00327. The van der Waals surface area contributed by atoms with Crippen molar-refractivity contribution in [3.8, 4) is 11.1 Å². The van der Waals surface area contributed by atoms with E-state index in [1.165, 1.54) is 167 Å². The molecule has 0 spiro atoms. The summed E-state index contributed by atoms with van der Waals surface area (Å²) in [6.45, 7) is 40.1. The Morgan fingerprint density at radius 1 is 0.436 bits per heavy atom. The zero-order valence-electron chi connectivity index (χ0n) is 50.0. The maximum Gasteiger partial charge on any atom is 0.252 e. The number of anilines is 8. The van der Waals surface area contributed by atoms with E-state index in [0.29, 0.717) is 0 Å². The summed E-state index contributed by atoms with van der Waals surface area (Å²) in [5.74, 6) is 0. The van der Waals surface area contributed by atoms with Crippen molar-refractivity contribution in [2.45, 2.75) is 206 Å². The monoisotopic (exact) mass is 1020 g/mol. The summed E-state index contributed by atoms with van der Waals surface area (Å²) in [5, 5.41) is 0. The summed E-state index contributed by atoms with van der Waals surface area (Å²) in [5.41, 5.74) is 33.5. The van der Waals surface area contributed by atoms with E-state index in [4.69, 9.17) is 0 Å². The van der Waals surface area contributed by atoms with Gasteiger partial charge in [-0.2, -0.15) is 0 Å². The summed E-state index contributed by atoms with van der Waals surface area (Å²) in [4.78, 5) is 8.41. The lowest BCUT2D eigenvalue weighted by atomic mass is 9.33. The van der Waals surface area contributed by atoms with Crippen molar-refractivity contribution in [2.75, 3.05) is 14.7 Å². The van der Waals surface area contributed by atoms with Crippen LogP contribution < -0.4 is 31.1 Å². The lowest BCUT2D eigenvalue weighted by Gasteiger charge is -2.51. The maximum absolute atomic E-state index is 2.90. The van der Waals surface area contributed by atoms with Crippen LogP contribution in [0.2, 0.25) is 0 Å². The summed E-state index contributed by atoms with van der Waals surface area (Å²) in [6, 6.07) is 45.8. The van der Waals surface area contributed by atoms with Crippen LogP contribution in [0, 0.1) is 13.8 Å². The Labute approximate surface area is 468 Å². The standard InChI is InChI=1S/C74H82BN3/c1-43-33-64-66-65(34-43)77-60-41-56-52(35-44(60)2)70(10,11)31-32-72(56,14)55-42-61-57(38-51(55)67(3,4)5)73(15)27-19-20-28-74(73,16)78(61)46-24-26-58(62(77)37-46)75(66)59-39-53-54(69(8,9)30-29-68(53,6)7)40-63(59)76(64)45-23-25-48-47-21-17-18-22-49(47)71(12,13)50(48)36-45/h17-18,21-26,33-42H,19-20,27-32H2,1-16H3. The number of benzene rings is 7. The average molecular weight is 1020 g/mol. The van der Waals surface area contributed by atoms with Crippen molar-refractivity contribution in [2.24, 2.45) is 0 Å². The highest BCUT2D eigenvalue weighted by molar-refractivity contribution is 7.00. The van der Waals surface area contributed by atoms with Gasteiger partial charge in [0.2, 0.25) is 0 Å². The molecule has 3 nitrogen and oxygen atoms in total. The van der Waals surface area contributed by atoms with Gasteiger partial charge in [-0.15, -0.1) is 0 Å². The Morgan fingerprint density at radius 2 is 1.04 bits per heavy atom. The van der Waals surface area contributed by atoms with E-state index in [0.717, 1.165) is 12.8 Å². The highest BCUT2D eigenvalue weighted by atomic mass is 15.3. The van der Waals surface area contributed by atoms with E-state index < -0.39 is 0 Å². The third-order valence-corrected chi connectivity index (χ3v) is 23.0. The molecular formula is C74H82BN3. The Kier molecular flexibility index (Phi) is 9.48. The number of fused-ring (bicyclic) bond motifs is 17.